The second-order valence-electron chi connectivity index (χ2n) is 4.30. The van der Waals surface area contributed by atoms with Gasteiger partial charge >= 0.3 is 0 Å². The van der Waals surface area contributed by atoms with Gasteiger partial charge in [0.2, 0.25) is 5.91 Å². The Morgan fingerprint density at radius 3 is 2.78 bits per heavy atom. The van der Waals surface area contributed by atoms with Crippen molar-refractivity contribution in [3.8, 4) is 5.75 Å². The molecule has 0 N–H and O–H groups in total. The summed E-state index contributed by atoms with van der Waals surface area (Å²) >= 11 is 3.42. The zero-order valence-electron chi connectivity index (χ0n) is 10.1. The fourth-order valence-electron chi connectivity index (χ4n) is 2.06. The summed E-state index contributed by atoms with van der Waals surface area (Å²) in [5.41, 5.74) is 0. The molecular formula is C14H16BrNO2. The number of carbonyl (C=O) groups excluding carboxylic acids is 1. The van der Waals surface area contributed by atoms with Crippen LogP contribution >= 0.6 is 15.9 Å². The van der Waals surface area contributed by atoms with Gasteiger partial charge < -0.3 is 9.64 Å². The minimum Gasteiger partial charge on any atom is -0.490 e. The van der Waals surface area contributed by atoms with Gasteiger partial charge in [0.25, 0.3) is 0 Å². The van der Waals surface area contributed by atoms with Gasteiger partial charge in [0.15, 0.2) is 0 Å². The summed E-state index contributed by atoms with van der Waals surface area (Å²) in [5, 5.41) is 0. The first-order valence-electron chi connectivity index (χ1n) is 6.02. The van der Waals surface area contributed by atoms with Gasteiger partial charge in [-0.2, -0.15) is 0 Å². The Balaban J connectivity index is 1.87. The van der Waals surface area contributed by atoms with Crippen LogP contribution in [0, 0.1) is 0 Å². The molecule has 0 bridgehead atoms. The molecule has 4 heteroatoms. The first-order chi connectivity index (χ1) is 8.69. The number of halogens is 1. The van der Waals surface area contributed by atoms with Crippen molar-refractivity contribution >= 4 is 21.8 Å². The number of benzene rings is 1. The van der Waals surface area contributed by atoms with E-state index < -0.39 is 0 Å². The van der Waals surface area contributed by atoms with Crippen molar-refractivity contribution < 1.29 is 9.53 Å². The maximum Gasteiger partial charge on any atom is 0.245 e. The Hall–Kier alpha value is -1.29. The molecule has 1 aliphatic heterocycles. The minimum absolute atomic E-state index is 0.0101. The molecule has 1 aliphatic rings. The number of amides is 1. The number of hydrogen-bond acceptors (Lipinski definition) is 2. The van der Waals surface area contributed by atoms with Crippen molar-refractivity contribution in [2.75, 3.05) is 13.1 Å². The lowest BCUT2D eigenvalue weighted by molar-refractivity contribution is -0.127. The topological polar surface area (TPSA) is 29.5 Å². The second-order valence-corrected chi connectivity index (χ2v) is 5.22. The molecule has 0 saturated carbocycles. The first kappa shape index (κ1) is 13.1. The Labute approximate surface area is 116 Å². The molecule has 0 unspecified atom stereocenters. The van der Waals surface area contributed by atoms with Crippen LogP contribution in [-0.2, 0) is 4.79 Å². The number of likely N-dealkylation sites (tertiary alicyclic amines) is 1. The van der Waals surface area contributed by atoms with Crippen molar-refractivity contribution in [1.82, 2.24) is 4.90 Å². The fraction of sp³-hybridized carbons (Fsp3) is 0.357. The molecule has 0 aromatic heterocycles. The van der Waals surface area contributed by atoms with Crippen molar-refractivity contribution in [2.45, 2.75) is 18.9 Å². The maximum atomic E-state index is 11.4. The first-order valence-corrected chi connectivity index (χ1v) is 6.82. The van der Waals surface area contributed by atoms with Crippen LogP contribution in [0.15, 0.2) is 41.4 Å². The lowest BCUT2D eigenvalue weighted by atomic mass is 10.1. The molecule has 1 amide bonds. The third kappa shape index (κ3) is 3.35. The molecule has 0 radical (unpaired) electrons. The fourth-order valence-corrected chi connectivity index (χ4v) is 2.43. The van der Waals surface area contributed by atoms with Crippen molar-refractivity contribution in [3.05, 3.63) is 41.4 Å². The number of hydrogen-bond donors (Lipinski definition) is 0. The molecule has 0 spiro atoms. The van der Waals surface area contributed by atoms with E-state index in [9.17, 15) is 4.79 Å². The summed E-state index contributed by atoms with van der Waals surface area (Å²) in [4.78, 5) is 13.3. The van der Waals surface area contributed by atoms with Gasteiger partial charge in [-0.15, -0.1) is 0 Å². The van der Waals surface area contributed by atoms with Gasteiger partial charge in [0.05, 0.1) is 0 Å². The summed E-state index contributed by atoms with van der Waals surface area (Å²) in [5.74, 6) is 0.883. The average molecular weight is 310 g/mol. The van der Waals surface area contributed by atoms with E-state index >= 15 is 0 Å². The van der Waals surface area contributed by atoms with Gasteiger partial charge in [0.1, 0.15) is 11.9 Å². The van der Waals surface area contributed by atoms with E-state index in [2.05, 4.69) is 22.5 Å². The van der Waals surface area contributed by atoms with E-state index in [-0.39, 0.29) is 12.0 Å². The van der Waals surface area contributed by atoms with Crippen LogP contribution in [0.1, 0.15) is 12.8 Å². The molecule has 1 fully saturated rings. The predicted molar refractivity (Wildman–Crippen MR) is 74.6 cm³/mol. The molecule has 2 rings (SSSR count). The standard InChI is InChI=1S/C14H16BrNO2/c1-2-14(17)16-8-6-12(7-9-16)18-13-5-3-4-11(15)10-13/h2-5,10,12H,1,6-9H2. The van der Waals surface area contributed by atoms with Crippen molar-refractivity contribution in [3.63, 3.8) is 0 Å². The highest BCUT2D eigenvalue weighted by molar-refractivity contribution is 9.10. The number of piperidine rings is 1. The summed E-state index contributed by atoms with van der Waals surface area (Å²) in [6.45, 7) is 4.98. The monoisotopic (exact) mass is 309 g/mol. The molecule has 0 aliphatic carbocycles. The molecule has 0 atom stereocenters. The lowest BCUT2D eigenvalue weighted by Crippen LogP contribution is -2.41. The van der Waals surface area contributed by atoms with Crippen LogP contribution in [0.2, 0.25) is 0 Å². The van der Waals surface area contributed by atoms with Crippen molar-refractivity contribution in [2.24, 2.45) is 0 Å². The van der Waals surface area contributed by atoms with E-state index in [0.717, 1.165) is 36.2 Å². The number of carbonyl (C=O) groups is 1. The zero-order valence-corrected chi connectivity index (χ0v) is 11.7. The number of rotatable bonds is 3. The van der Waals surface area contributed by atoms with Gasteiger partial charge in [0, 0.05) is 30.4 Å². The largest absolute Gasteiger partial charge is 0.490 e. The van der Waals surface area contributed by atoms with E-state index in [1.165, 1.54) is 6.08 Å². The summed E-state index contributed by atoms with van der Waals surface area (Å²) < 4.78 is 6.92. The Morgan fingerprint density at radius 2 is 2.17 bits per heavy atom. The molecule has 1 aromatic rings. The van der Waals surface area contributed by atoms with Crippen LogP contribution in [-0.4, -0.2) is 30.0 Å². The SMILES string of the molecule is C=CC(=O)N1CCC(Oc2cccc(Br)c2)CC1. The molecule has 18 heavy (non-hydrogen) atoms. The Kier molecular flexibility index (Phi) is 4.42. The summed E-state index contributed by atoms with van der Waals surface area (Å²) in [7, 11) is 0. The van der Waals surface area contributed by atoms with Crippen LogP contribution in [0.5, 0.6) is 5.75 Å². The minimum atomic E-state index is 0.0101. The van der Waals surface area contributed by atoms with Crippen molar-refractivity contribution in [1.29, 1.82) is 0 Å². The third-order valence-corrected chi connectivity index (χ3v) is 3.52. The van der Waals surface area contributed by atoms with Gasteiger partial charge in [-0.3, -0.25) is 4.79 Å². The Morgan fingerprint density at radius 1 is 1.44 bits per heavy atom. The van der Waals surface area contributed by atoms with Crippen LogP contribution in [0.25, 0.3) is 0 Å². The highest BCUT2D eigenvalue weighted by Crippen LogP contribution is 2.22. The van der Waals surface area contributed by atoms with Gasteiger partial charge in [-0.25, -0.2) is 0 Å². The van der Waals surface area contributed by atoms with Crippen LogP contribution in [0.4, 0.5) is 0 Å². The molecule has 3 nitrogen and oxygen atoms in total. The van der Waals surface area contributed by atoms with E-state index in [1.807, 2.05) is 29.2 Å². The lowest BCUT2D eigenvalue weighted by Gasteiger charge is -2.31. The quantitative estimate of drug-likeness (QED) is 0.803. The second kappa shape index (κ2) is 6.05. The number of nitrogens with zero attached hydrogens (tertiary/aromatic N) is 1. The molecule has 1 saturated heterocycles. The highest BCUT2D eigenvalue weighted by Gasteiger charge is 2.22. The van der Waals surface area contributed by atoms with Crippen LogP contribution < -0.4 is 4.74 Å². The summed E-state index contributed by atoms with van der Waals surface area (Å²) in [6.07, 6.45) is 3.29. The van der Waals surface area contributed by atoms with Crippen LogP contribution in [0.3, 0.4) is 0 Å². The highest BCUT2D eigenvalue weighted by atomic mass is 79.9. The van der Waals surface area contributed by atoms with E-state index in [0.29, 0.717) is 0 Å². The maximum absolute atomic E-state index is 11.4. The molecule has 96 valence electrons. The molecular weight excluding hydrogens is 294 g/mol. The molecule has 1 aromatic carbocycles. The normalized spacial score (nSPS) is 16.4. The predicted octanol–water partition coefficient (Wildman–Crippen LogP) is 3.00. The van der Waals surface area contributed by atoms with E-state index in [4.69, 9.17) is 4.74 Å². The average Bonchev–Trinajstić information content (AvgIpc) is 2.39. The number of ether oxygens (including phenoxy) is 1. The van der Waals surface area contributed by atoms with Gasteiger partial charge in [-0.1, -0.05) is 28.6 Å². The van der Waals surface area contributed by atoms with E-state index in [1.54, 1.807) is 0 Å². The zero-order chi connectivity index (χ0) is 13.0. The third-order valence-electron chi connectivity index (χ3n) is 3.03. The van der Waals surface area contributed by atoms with Gasteiger partial charge in [-0.05, 0) is 24.3 Å². The Bertz CT molecular complexity index is 439. The summed E-state index contributed by atoms with van der Waals surface area (Å²) in [6, 6.07) is 7.83. The molecule has 1 heterocycles. The smallest absolute Gasteiger partial charge is 0.245 e.